The first-order chi connectivity index (χ1) is 10.6. The lowest BCUT2D eigenvalue weighted by atomic mass is 9.98. The molecule has 1 atom stereocenters. The van der Waals surface area contributed by atoms with Crippen LogP contribution in [-0.2, 0) is 7.05 Å². The number of rotatable bonds is 3. The highest BCUT2D eigenvalue weighted by atomic mass is 19.1. The van der Waals surface area contributed by atoms with Crippen molar-refractivity contribution in [2.75, 3.05) is 0 Å². The van der Waals surface area contributed by atoms with Crippen LogP contribution < -0.4 is 0 Å². The van der Waals surface area contributed by atoms with Gasteiger partial charge in [0, 0.05) is 12.6 Å². The Morgan fingerprint density at radius 3 is 2.73 bits per heavy atom. The average molecular weight is 293 g/mol. The van der Waals surface area contributed by atoms with Crippen LogP contribution in [0.15, 0.2) is 48.5 Å². The van der Waals surface area contributed by atoms with Crippen molar-refractivity contribution in [3.8, 4) is 6.07 Å². The molecule has 0 saturated heterocycles. The maximum Gasteiger partial charge on any atom is 0.187 e. The molecule has 22 heavy (non-hydrogen) atoms. The summed E-state index contributed by atoms with van der Waals surface area (Å²) in [5.41, 5.74) is 1.72. The molecule has 2 aromatic carbocycles. The van der Waals surface area contributed by atoms with Gasteiger partial charge in [-0.2, -0.15) is 5.26 Å². The second-order valence-corrected chi connectivity index (χ2v) is 4.95. The fourth-order valence-electron chi connectivity index (χ4n) is 2.46. The molecule has 0 saturated carbocycles. The van der Waals surface area contributed by atoms with E-state index in [-0.39, 0.29) is 5.56 Å². The zero-order chi connectivity index (χ0) is 15.7. The van der Waals surface area contributed by atoms with Crippen LogP contribution in [0.1, 0.15) is 22.1 Å². The number of aryl methyl sites for hydroxylation is 1. The summed E-state index contributed by atoms with van der Waals surface area (Å²) in [6, 6.07) is 14.7. The summed E-state index contributed by atoms with van der Waals surface area (Å²) in [6.45, 7) is 0. The second kappa shape index (κ2) is 5.41. The summed E-state index contributed by atoms with van der Waals surface area (Å²) >= 11 is 0. The van der Waals surface area contributed by atoms with Gasteiger partial charge in [-0.05, 0) is 24.3 Å². The van der Waals surface area contributed by atoms with Crippen LogP contribution in [0.5, 0.6) is 0 Å². The van der Waals surface area contributed by atoms with E-state index in [0.29, 0.717) is 11.3 Å². The van der Waals surface area contributed by atoms with Gasteiger partial charge in [0.1, 0.15) is 11.6 Å². The Hall–Kier alpha value is -3.00. The molecule has 108 valence electrons. The van der Waals surface area contributed by atoms with Crippen molar-refractivity contribution >= 4 is 16.8 Å². The molecule has 0 amide bonds. The number of ketones is 1. The largest absolute Gasteiger partial charge is 0.330 e. The molecule has 4 nitrogen and oxygen atoms in total. The normalized spacial score (nSPS) is 12.0. The Morgan fingerprint density at radius 2 is 2.05 bits per heavy atom. The maximum absolute atomic E-state index is 13.3. The van der Waals surface area contributed by atoms with Gasteiger partial charge in [0.2, 0.25) is 0 Å². The minimum atomic E-state index is -1.07. The van der Waals surface area contributed by atoms with Crippen LogP contribution in [0, 0.1) is 17.1 Å². The van der Waals surface area contributed by atoms with E-state index in [0.717, 1.165) is 11.6 Å². The van der Waals surface area contributed by atoms with Gasteiger partial charge in [-0.3, -0.25) is 4.79 Å². The molecule has 0 radical (unpaired) electrons. The Labute approximate surface area is 126 Å². The quantitative estimate of drug-likeness (QED) is 0.697. The van der Waals surface area contributed by atoms with Crippen molar-refractivity contribution in [3.63, 3.8) is 0 Å². The van der Waals surface area contributed by atoms with Crippen LogP contribution in [-0.4, -0.2) is 15.3 Å². The number of nitrogens with zero attached hydrogens (tertiary/aromatic N) is 3. The van der Waals surface area contributed by atoms with Gasteiger partial charge in [-0.1, -0.05) is 24.3 Å². The summed E-state index contributed by atoms with van der Waals surface area (Å²) in [6.07, 6.45) is 0. The number of imidazole rings is 1. The number of hydrogen-bond donors (Lipinski definition) is 0. The molecule has 5 heteroatoms. The number of carbonyl (C=O) groups excluding carboxylic acids is 1. The molecular weight excluding hydrogens is 281 g/mol. The zero-order valence-corrected chi connectivity index (χ0v) is 11.8. The van der Waals surface area contributed by atoms with Crippen LogP contribution in [0.25, 0.3) is 11.0 Å². The summed E-state index contributed by atoms with van der Waals surface area (Å²) in [7, 11) is 1.76. The summed E-state index contributed by atoms with van der Waals surface area (Å²) in [5.74, 6) is -1.68. The minimum absolute atomic E-state index is 0.165. The van der Waals surface area contributed by atoms with Gasteiger partial charge < -0.3 is 4.57 Å². The van der Waals surface area contributed by atoms with E-state index in [2.05, 4.69) is 4.98 Å². The highest BCUT2D eigenvalue weighted by molar-refractivity contribution is 6.02. The van der Waals surface area contributed by atoms with Gasteiger partial charge in [-0.15, -0.1) is 0 Å². The average Bonchev–Trinajstić information content (AvgIpc) is 2.85. The first kappa shape index (κ1) is 14.0. The Morgan fingerprint density at radius 1 is 1.27 bits per heavy atom. The van der Waals surface area contributed by atoms with Crippen LogP contribution in [0.4, 0.5) is 4.39 Å². The molecule has 0 aliphatic carbocycles. The van der Waals surface area contributed by atoms with Crippen molar-refractivity contribution in [1.82, 2.24) is 9.55 Å². The number of halogens is 1. The number of fused-ring (bicyclic) bond motifs is 1. The van der Waals surface area contributed by atoms with Gasteiger partial charge in [0.15, 0.2) is 11.7 Å². The summed E-state index contributed by atoms with van der Waals surface area (Å²) in [4.78, 5) is 16.9. The van der Waals surface area contributed by atoms with Crippen molar-refractivity contribution in [2.24, 2.45) is 7.05 Å². The second-order valence-electron chi connectivity index (χ2n) is 4.95. The third-order valence-corrected chi connectivity index (χ3v) is 3.58. The maximum atomic E-state index is 13.3. The first-order valence-corrected chi connectivity index (χ1v) is 6.72. The molecule has 0 bridgehead atoms. The first-order valence-electron chi connectivity index (χ1n) is 6.72. The molecule has 0 N–H and O–H groups in total. The Bertz CT molecular complexity index is 908. The highest BCUT2D eigenvalue weighted by Gasteiger charge is 2.27. The van der Waals surface area contributed by atoms with Crippen LogP contribution >= 0.6 is 0 Å². The molecule has 0 aliphatic rings. The number of para-hydroxylation sites is 2. The lowest BCUT2D eigenvalue weighted by Crippen LogP contribution is -2.15. The lowest BCUT2D eigenvalue weighted by molar-refractivity contribution is 0.0975. The molecule has 1 heterocycles. The molecule has 0 aliphatic heterocycles. The zero-order valence-electron chi connectivity index (χ0n) is 11.8. The van der Waals surface area contributed by atoms with Crippen molar-refractivity contribution in [3.05, 3.63) is 65.7 Å². The summed E-state index contributed by atoms with van der Waals surface area (Å²) in [5, 5.41) is 9.41. The van der Waals surface area contributed by atoms with E-state index in [4.69, 9.17) is 0 Å². The smallest absolute Gasteiger partial charge is 0.187 e. The Balaban J connectivity index is 2.09. The molecule has 3 rings (SSSR count). The predicted molar refractivity (Wildman–Crippen MR) is 79.8 cm³/mol. The van der Waals surface area contributed by atoms with Crippen molar-refractivity contribution < 1.29 is 9.18 Å². The fourth-order valence-corrected chi connectivity index (χ4v) is 2.46. The van der Waals surface area contributed by atoms with Gasteiger partial charge in [0.25, 0.3) is 0 Å². The van der Waals surface area contributed by atoms with Gasteiger partial charge >= 0.3 is 0 Å². The van der Waals surface area contributed by atoms with E-state index in [1.54, 1.807) is 11.6 Å². The number of aromatic nitrogens is 2. The van der Waals surface area contributed by atoms with Crippen LogP contribution in [0.2, 0.25) is 0 Å². The molecule has 3 aromatic rings. The Kier molecular flexibility index (Phi) is 3.43. The number of hydrogen-bond acceptors (Lipinski definition) is 3. The molecule has 0 fully saturated rings. The third kappa shape index (κ3) is 2.25. The van der Waals surface area contributed by atoms with E-state index >= 15 is 0 Å². The fraction of sp³-hybridized carbons (Fsp3) is 0.118. The van der Waals surface area contributed by atoms with Crippen molar-refractivity contribution in [2.45, 2.75) is 5.92 Å². The van der Waals surface area contributed by atoms with Gasteiger partial charge in [-0.25, -0.2) is 9.37 Å². The molecule has 1 aromatic heterocycles. The van der Waals surface area contributed by atoms with E-state index in [1.807, 2.05) is 30.3 Å². The number of nitriles is 1. The SMILES string of the molecule is Cn1c([C@H](C#N)C(=O)c2cccc(F)c2)nc2ccccc21. The molecule has 0 unspecified atom stereocenters. The lowest BCUT2D eigenvalue weighted by Gasteiger charge is -2.08. The number of Topliss-reactive ketones (excluding diaryl/α,β-unsaturated/α-hetero) is 1. The van der Waals surface area contributed by atoms with Gasteiger partial charge in [0.05, 0.1) is 17.1 Å². The number of benzene rings is 2. The number of carbonyl (C=O) groups is 1. The van der Waals surface area contributed by atoms with E-state index < -0.39 is 17.5 Å². The third-order valence-electron chi connectivity index (χ3n) is 3.58. The predicted octanol–water partition coefficient (Wildman–Crippen LogP) is 3.20. The molecule has 0 spiro atoms. The highest BCUT2D eigenvalue weighted by Crippen LogP contribution is 2.24. The van der Waals surface area contributed by atoms with Crippen molar-refractivity contribution in [1.29, 1.82) is 5.26 Å². The standard InChI is InChI=1S/C17H12FN3O/c1-21-15-8-3-2-7-14(15)20-17(21)13(10-19)16(22)11-5-4-6-12(18)9-11/h2-9,13H,1H3/t13-/m1/s1. The van der Waals surface area contributed by atoms with E-state index in [9.17, 15) is 14.4 Å². The van der Waals surface area contributed by atoms with E-state index in [1.165, 1.54) is 18.2 Å². The molecular formula is C17H12FN3O. The topological polar surface area (TPSA) is 58.7 Å². The summed E-state index contributed by atoms with van der Waals surface area (Å²) < 4.78 is 15.0. The minimum Gasteiger partial charge on any atom is -0.330 e. The van der Waals surface area contributed by atoms with Crippen LogP contribution in [0.3, 0.4) is 0 Å². The monoisotopic (exact) mass is 293 g/mol.